The number of rotatable bonds is 8. The van der Waals surface area contributed by atoms with Gasteiger partial charge in [0.1, 0.15) is 5.75 Å². The van der Waals surface area contributed by atoms with E-state index in [2.05, 4.69) is 40.5 Å². The fraction of sp³-hybridized carbons (Fsp3) is 0.536. The van der Waals surface area contributed by atoms with Gasteiger partial charge in [0.2, 0.25) is 0 Å². The van der Waals surface area contributed by atoms with Crippen molar-refractivity contribution in [1.29, 1.82) is 0 Å². The summed E-state index contributed by atoms with van der Waals surface area (Å²) >= 11 is 0. The number of nitrogens with one attached hydrogen (secondary N) is 1. The van der Waals surface area contributed by atoms with Gasteiger partial charge in [-0.2, -0.15) is 0 Å². The first-order valence-electron chi connectivity index (χ1n) is 12.5. The van der Waals surface area contributed by atoms with Gasteiger partial charge in [-0.15, -0.1) is 0 Å². The van der Waals surface area contributed by atoms with Crippen molar-refractivity contribution in [3.05, 3.63) is 65.7 Å². The van der Waals surface area contributed by atoms with E-state index < -0.39 is 5.60 Å². The summed E-state index contributed by atoms with van der Waals surface area (Å²) < 4.78 is 5.28. The standard InChI is InChI=1S/C28H36N2O3/c1-33-23-14-12-22(13-15-23)28(32,21-10-6-3-7-11-21)27(31)29-16-24-25-18-30(19-26(24)25)17-20-8-4-2-5-9-20/h2,4-5,8-9,12-15,21,24-26,32H,3,6-7,10-11,16-19H2,1H3,(H,29,31)/t24?,25?,26?,28-/m0/s1. The van der Waals surface area contributed by atoms with Gasteiger partial charge in [-0.05, 0) is 53.9 Å². The fourth-order valence-corrected chi connectivity index (χ4v) is 6.27. The van der Waals surface area contributed by atoms with Crippen LogP contribution in [0.4, 0.5) is 0 Å². The maximum atomic E-state index is 13.5. The minimum atomic E-state index is -1.48. The molecule has 1 aliphatic heterocycles. The van der Waals surface area contributed by atoms with E-state index in [4.69, 9.17) is 4.74 Å². The zero-order valence-electron chi connectivity index (χ0n) is 19.6. The lowest BCUT2D eigenvalue weighted by atomic mass is 9.72. The largest absolute Gasteiger partial charge is 0.497 e. The lowest BCUT2D eigenvalue weighted by Gasteiger charge is -2.37. The van der Waals surface area contributed by atoms with Crippen LogP contribution >= 0.6 is 0 Å². The van der Waals surface area contributed by atoms with E-state index >= 15 is 0 Å². The summed E-state index contributed by atoms with van der Waals surface area (Å²) in [5, 5.41) is 15.0. The molecule has 33 heavy (non-hydrogen) atoms. The SMILES string of the molecule is COc1ccc([C@](O)(C(=O)NCC2C3CN(Cc4ccccc4)CC23)C2CCCCC2)cc1. The van der Waals surface area contributed by atoms with Crippen LogP contribution in [0.3, 0.4) is 0 Å². The number of carbonyl (C=O) groups excluding carboxylic acids is 1. The minimum Gasteiger partial charge on any atom is -0.497 e. The smallest absolute Gasteiger partial charge is 0.256 e. The second-order valence-electron chi connectivity index (χ2n) is 10.2. The lowest BCUT2D eigenvalue weighted by molar-refractivity contribution is -0.149. The van der Waals surface area contributed by atoms with Gasteiger partial charge in [-0.1, -0.05) is 61.7 Å². The van der Waals surface area contributed by atoms with Crippen molar-refractivity contribution >= 4 is 5.91 Å². The van der Waals surface area contributed by atoms with Crippen molar-refractivity contribution in [3.8, 4) is 5.75 Å². The van der Waals surface area contributed by atoms with Crippen molar-refractivity contribution in [1.82, 2.24) is 10.2 Å². The van der Waals surface area contributed by atoms with Gasteiger partial charge in [0.05, 0.1) is 7.11 Å². The molecule has 1 saturated heterocycles. The number of likely N-dealkylation sites (tertiary alicyclic amines) is 1. The number of fused-ring (bicyclic) bond motifs is 1. The van der Waals surface area contributed by atoms with E-state index in [1.807, 2.05) is 24.3 Å². The topological polar surface area (TPSA) is 61.8 Å². The van der Waals surface area contributed by atoms with Crippen molar-refractivity contribution in [2.75, 3.05) is 26.7 Å². The van der Waals surface area contributed by atoms with E-state index in [0.29, 0.717) is 29.9 Å². The molecule has 2 aromatic rings. The highest BCUT2D eigenvalue weighted by molar-refractivity contribution is 5.86. The van der Waals surface area contributed by atoms with E-state index in [-0.39, 0.29) is 11.8 Å². The van der Waals surface area contributed by atoms with Crippen LogP contribution in [0.2, 0.25) is 0 Å². The Labute approximate surface area is 197 Å². The Hall–Kier alpha value is -2.37. The van der Waals surface area contributed by atoms with Gasteiger partial charge < -0.3 is 15.2 Å². The Morgan fingerprint density at radius 1 is 1.03 bits per heavy atom. The predicted molar refractivity (Wildman–Crippen MR) is 129 cm³/mol. The average Bonchev–Trinajstić information content (AvgIpc) is 3.33. The number of methoxy groups -OCH3 is 1. The average molecular weight is 449 g/mol. The monoisotopic (exact) mass is 448 g/mol. The van der Waals surface area contributed by atoms with Crippen molar-refractivity contribution < 1.29 is 14.6 Å². The van der Waals surface area contributed by atoms with Crippen LogP contribution in [0.5, 0.6) is 5.75 Å². The quantitative estimate of drug-likeness (QED) is 0.642. The van der Waals surface area contributed by atoms with Crippen LogP contribution in [0, 0.1) is 23.7 Å². The molecule has 0 spiro atoms. The summed E-state index contributed by atoms with van der Waals surface area (Å²) in [5.41, 5.74) is 0.564. The van der Waals surface area contributed by atoms with Crippen molar-refractivity contribution in [2.45, 2.75) is 44.2 Å². The fourth-order valence-electron chi connectivity index (χ4n) is 6.27. The number of piperidine rings is 1. The molecule has 5 heteroatoms. The van der Waals surface area contributed by atoms with Gasteiger partial charge >= 0.3 is 0 Å². The van der Waals surface area contributed by atoms with Crippen LogP contribution in [0.25, 0.3) is 0 Å². The molecule has 2 unspecified atom stereocenters. The van der Waals surface area contributed by atoms with Gasteiger partial charge in [0, 0.05) is 32.1 Å². The first-order valence-corrected chi connectivity index (χ1v) is 12.5. The third kappa shape index (κ3) is 4.53. The molecule has 2 saturated carbocycles. The molecule has 3 aliphatic rings. The van der Waals surface area contributed by atoms with Gasteiger partial charge in [0.25, 0.3) is 5.91 Å². The number of ether oxygens (including phenoxy) is 1. The molecule has 5 rings (SSSR count). The maximum Gasteiger partial charge on any atom is 0.256 e. The molecule has 2 aliphatic carbocycles. The molecule has 5 nitrogen and oxygen atoms in total. The van der Waals surface area contributed by atoms with Crippen LogP contribution in [-0.2, 0) is 16.9 Å². The number of benzene rings is 2. The summed E-state index contributed by atoms with van der Waals surface area (Å²) in [6.45, 7) is 3.88. The summed E-state index contributed by atoms with van der Waals surface area (Å²) in [6.07, 6.45) is 5.10. The van der Waals surface area contributed by atoms with Gasteiger partial charge in [-0.25, -0.2) is 0 Å². The van der Waals surface area contributed by atoms with Crippen LogP contribution < -0.4 is 10.1 Å². The number of hydrogen-bond acceptors (Lipinski definition) is 4. The molecular weight excluding hydrogens is 412 g/mol. The van der Waals surface area contributed by atoms with Crippen LogP contribution in [0.15, 0.2) is 54.6 Å². The molecule has 3 fully saturated rings. The summed E-state index contributed by atoms with van der Waals surface area (Å²) in [6, 6.07) is 18.0. The highest BCUT2D eigenvalue weighted by Gasteiger charge is 2.55. The lowest BCUT2D eigenvalue weighted by Crippen LogP contribution is -2.50. The number of hydrogen-bond donors (Lipinski definition) is 2. The number of nitrogens with zero attached hydrogens (tertiary/aromatic N) is 1. The third-order valence-corrected chi connectivity index (χ3v) is 8.27. The molecule has 1 amide bonds. The molecule has 2 aromatic carbocycles. The van der Waals surface area contributed by atoms with E-state index in [1.165, 1.54) is 12.0 Å². The number of carbonyl (C=O) groups is 1. The molecule has 2 N–H and O–H groups in total. The third-order valence-electron chi connectivity index (χ3n) is 8.27. The zero-order chi connectivity index (χ0) is 22.8. The molecule has 0 aromatic heterocycles. The summed E-state index contributed by atoms with van der Waals surface area (Å²) in [5.74, 6) is 2.32. The Bertz CT molecular complexity index is 929. The van der Waals surface area contributed by atoms with Gasteiger partial charge in [0.15, 0.2) is 5.60 Å². The molecular formula is C28H36N2O3. The Morgan fingerprint density at radius 2 is 1.70 bits per heavy atom. The van der Waals surface area contributed by atoms with Crippen molar-refractivity contribution in [2.24, 2.45) is 23.7 Å². The van der Waals surface area contributed by atoms with E-state index in [1.54, 1.807) is 7.11 Å². The minimum absolute atomic E-state index is 0.0419. The van der Waals surface area contributed by atoms with E-state index in [9.17, 15) is 9.90 Å². The summed E-state index contributed by atoms with van der Waals surface area (Å²) in [7, 11) is 1.63. The van der Waals surface area contributed by atoms with Crippen LogP contribution in [0.1, 0.15) is 43.2 Å². The normalized spacial score (nSPS) is 26.9. The Balaban J connectivity index is 1.20. The highest BCUT2D eigenvalue weighted by Crippen LogP contribution is 2.51. The first-order chi connectivity index (χ1) is 16.1. The predicted octanol–water partition coefficient (Wildman–Crippen LogP) is 3.96. The number of amides is 1. The summed E-state index contributed by atoms with van der Waals surface area (Å²) in [4.78, 5) is 16.0. The van der Waals surface area contributed by atoms with Crippen molar-refractivity contribution in [3.63, 3.8) is 0 Å². The van der Waals surface area contributed by atoms with Crippen LogP contribution in [-0.4, -0.2) is 42.7 Å². The zero-order valence-corrected chi connectivity index (χ0v) is 19.6. The molecule has 0 radical (unpaired) electrons. The molecule has 176 valence electrons. The second kappa shape index (κ2) is 9.47. The van der Waals surface area contributed by atoms with E-state index in [0.717, 1.165) is 51.1 Å². The maximum absolute atomic E-state index is 13.5. The molecule has 3 atom stereocenters. The highest BCUT2D eigenvalue weighted by atomic mass is 16.5. The second-order valence-corrected chi connectivity index (χ2v) is 10.2. The molecule has 0 bridgehead atoms. The Morgan fingerprint density at radius 3 is 2.33 bits per heavy atom. The van der Waals surface area contributed by atoms with Gasteiger partial charge in [-0.3, -0.25) is 9.69 Å². The molecule has 1 heterocycles. The Kier molecular flexibility index (Phi) is 6.44. The first kappa shape index (κ1) is 22.4. The number of aliphatic hydroxyl groups is 1.